The van der Waals surface area contributed by atoms with E-state index in [-0.39, 0.29) is 5.97 Å². The Labute approximate surface area is 164 Å². The van der Waals surface area contributed by atoms with E-state index in [0.29, 0.717) is 24.3 Å². The lowest BCUT2D eigenvalue weighted by Gasteiger charge is -2.39. The van der Waals surface area contributed by atoms with Gasteiger partial charge in [-0.25, -0.2) is 9.59 Å². The van der Waals surface area contributed by atoms with Crippen molar-refractivity contribution in [3.05, 3.63) is 35.4 Å². The van der Waals surface area contributed by atoms with Crippen molar-refractivity contribution in [3.8, 4) is 0 Å². The van der Waals surface area contributed by atoms with Gasteiger partial charge in [0.25, 0.3) is 0 Å². The van der Waals surface area contributed by atoms with Gasteiger partial charge in [0, 0.05) is 6.42 Å². The maximum atomic E-state index is 12.6. The van der Waals surface area contributed by atoms with Crippen molar-refractivity contribution in [2.45, 2.75) is 70.4 Å². The third-order valence-electron chi connectivity index (χ3n) is 5.00. The van der Waals surface area contributed by atoms with Gasteiger partial charge in [0.05, 0.1) is 24.3 Å². The molecule has 1 unspecified atom stereocenters. The second-order valence-corrected chi connectivity index (χ2v) is 10.6. The van der Waals surface area contributed by atoms with Gasteiger partial charge in [-0.2, -0.15) is 0 Å². The third kappa shape index (κ3) is 6.18. The Hall–Kier alpha value is -1.66. The molecule has 0 radical (unpaired) electrons. The molecule has 0 amide bonds. The molecule has 0 saturated carbocycles. The molecule has 0 aromatic heterocycles. The fourth-order valence-corrected chi connectivity index (χ4v) is 4.75. The number of benzene rings is 1. The minimum Gasteiger partial charge on any atom is -0.462 e. The van der Waals surface area contributed by atoms with E-state index in [1.807, 2.05) is 0 Å². The average molecular weight is 393 g/mol. The van der Waals surface area contributed by atoms with Crippen LogP contribution in [0.15, 0.2) is 24.3 Å². The lowest BCUT2D eigenvalue weighted by molar-refractivity contribution is -0.170. The molecule has 5 nitrogen and oxygen atoms in total. The van der Waals surface area contributed by atoms with Crippen LogP contribution < -0.4 is 0 Å². The predicted octanol–water partition coefficient (Wildman–Crippen LogP) is 4.50. The zero-order valence-electron chi connectivity index (χ0n) is 16.8. The molecule has 0 N–H and O–H groups in total. The molecule has 27 heavy (non-hydrogen) atoms. The van der Waals surface area contributed by atoms with Gasteiger partial charge >= 0.3 is 11.9 Å². The molecule has 2 rings (SSSR count). The van der Waals surface area contributed by atoms with Crippen molar-refractivity contribution < 1.29 is 23.8 Å². The number of hydrogen-bond acceptors (Lipinski definition) is 5. The zero-order valence-corrected chi connectivity index (χ0v) is 17.9. The highest BCUT2D eigenvalue weighted by Crippen LogP contribution is 2.30. The number of carbonyl (C=O) groups is 2. The van der Waals surface area contributed by atoms with E-state index in [1.54, 1.807) is 24.3 Å². The average Bonchev–Trinajstić information content (AvgIpc) is 2.68. The molecular formula is C21H32O5Si. The lowest BCUT2D eigenvalue weighted by atomic mass is 10.1. The molecule has 6 heteroatoms. The summed E-state index contributed by atoms with van der Waals surface area (Å²) in [5.41, 5.74) is 0.160. The highest BCUT2D eigenvalue weighted by atomic mass is 28.3. The van der Waals surface area contributed by atoms with Crippen molar-refractivity contribution in [1.29, 1.82) is 0 Å². The fraction of sp³-hybridized carbons (Fsp3) is 0.619. The second-order valence-electron chi connectivity index (χ2n) is 7.44. The number of esters is 2. The van der Waals surface area contributed by atoms with Crippen LogP contribution in [-0.2, 0) is 14.2 Å². The van der Waals surface area contributed by atoms with Crippen LogP contribution in [-0.4, -0.2) is 39.4 Å². The Morgan fingerprint density at radius 1 is 1.04 bits per heavy atom. The van der Waals surface area contributed by atoms with Gasteiger partial charge in [-0.1, -0.05) is 39.3 Å². The largest absolute Gasteiger partial charge is 0.462 e. The molecule has 1 fully saturated rings. The van der Waals surface area contributed by atoms with Crippen LogP contribution in [0.1, 0.15) is 72.6 Å². The fourth-order valence-electron chi connectivity index (χ4n) is 3.18. The van der Waals surface area contributed by atoms with Crippen LogP contribution in [0.5, 0.6) is 0 Å². The molecule has 1 aromatic rings. The SMILES string of the molecule is CCCCCCOC(=O)c1ccc(C(=O)OC2([SiH](C)C)CCCCO2)cc1. The van der Waals surface area contributed by atoms with Crippen LogP contribution >= 0.6 is 0 Å². The third-order valence-corrected chi connectivity index (χ3v) is 7.33. The number of hydrogen-bond donors (Lipinski definition) is 0. The van der Waals surface area contributed by atoms with Crippen molar-refractivity contribution in [2.75, 3.05) is 13.2 Å². The van der Waals surface area contributed by atoms with Gasteiger partial charge in [-0.15, -0.1) is 0 Å². The molecule has 1 heterocycles. The first-order valence-corrected chi connectivity index (χ1v) is 13.0. The number of carbonyl (C=O) groups excluding carboxylic acids is 2. The maximum absolute atomic E-state index is 12.6. The summed E-state index contributed by atoms with van der Waals surface area (Å²) >= 11 is 0. The summed E-state index contributed by atoms with van der Waals surface area (Å²) in [5.74, 6) is -0.745. The van der Waals surface area contributed by atoms with E-state index in [1.165, 1.54) is 0 Å². The summed E-state index contributed by atoms with van der Waals surface area (Å²) < 4.78 is 17.0. The molecule has 1 saturated heterocycles. The van der Waals surface area contributed by atoms with Crippen molar-refractivity contribution in [2.24, 2.45) is 0 Å². The van der Waals surface area contributed by atoms with Crippen molar-refractivity contribution in [1.82, 2.24) is 0 Å². The molecule has 0 aliphatic carbocycles. The summed E-state index contributed by atoms with van der Waals surface area (Å²) in [6, 6.07) is 6.47. The highest BCUT2D eigenvalue weighted by molar-refractivity contribution is 6.58. The Balaban J connectivity index is 1.91. The molecule has 1 aliphatic heterocycles. The van der Waals surface area contributed by atoms with Gasteiger partial charge in [0.2, 0.25) is 0 Å². The van der Waals surface area contributed by atoms with Gasteiger partial charge in [0.1, 0.15) is 8.80 Å². The summed E-state index contributed by atoms with van der Waals surface area (Å²) in [6.07, 6.45) is 7.04. The van der Waals surface area contributed by atoms with Gasteiger partial charge in [-0.3, -0.25) is 0 Å². The summed E-state index contributed by atoms with van der Waals surface area (Å²) in [6.45, 7) is 7.49. The van der Waals surface area contributed by atoms with Crippen LogP contribution in [0, 0.1) is 0 Å². The van der Waals surface area contributed by atoms with Crippen LogP contribution in [0.2, 0.25) is 13.1 Å². The first-order valence-electron chi connectivity index (χ1n) is 10.1. The van der Waals surface area contributed by atoms with E-state index < -0.39 is 20.2 Å². The first kappa shape index (κ1) is 21.6. The van der Waals surface area contributed by atoms with Crippen molar-refractivity contribution >= 4 is 20.7 Å². The molecule has 150 valence electrons. The van der Waals surface area contributed by atoms with Crippen LogP contribution in [0.4, 0.5) is 0 Å². The number of ether oxygens (including phenoxy) is 3. The Kier molecular flexibility index (Phi) is 8.51. The predicted molar refractivity (Wildman–Crippen MR) is 108 cm³/mol. The topological polar surface area (TPSA) is 61.8 Å². The summed E-state index contributed by atoms with van der Waals surface area (Å²) in [4.78, 5) is 24.6. The molecule has 0 spiro atoms. The molecule has 0 bridgehead atoms. The van der Waals surface area contributed by atoms with Crippen molar-refractivity contribution in [3.63, 3.8) is 0 Å². The molecule has 1 aliphatic rings. The van der Waals surface area contributed by atoms with E-state index in [4.69, 9.17) is 14.2 Å². The Morgan fingerprint density at radius 2 is 1.70 bits per heavy atom. The maximum Gasteiger partial charge on any atom is 0.340 e. The van der Waals surface area contributed by atoms with E-state index >= 15 is 0 Å². The number of unbranched alkanes of at least 4 members (excludes halogenated alkanes) is 3. The monoisotopic (exact) mass is 392 g/mol. The lowest BCUT2D eigenvalue weighted by Crippen LogP contribution is -2.51. The Bertz CT molecular complexity index is 606. The second kappa shape index (κ2) is 10.6. The molecular weight excluding hydrogens is 360 g/mol. The molecule has 1 atom stereocenters. The summed E-state index contributed by atoms with van der Waals surface area (Å²) in [7, 11) is -1.35. The standard InChI is InChI=1S/C21H32O5Si/c1-4-5-6-8-15-24-19(22)17-10-12-18(13-11-17)20(23)26-21(27(2)3)14-7-9-16-25-21/h10-13,27H,4-9,14-16H2,1-3H3. The number of rotatable bonds is 9. The Morgan fingerprint density at radius 3 is 2.26 bits per heavy atom. The molecule has 1 aromatic carbocycles. The van der Waals surface area contributed by atoms with Crippen LogP contribution in [0.3, 0.4) is 0 Å². The minimum atomic E-state index is -1.35. The first-order chi connectivity index (χ1) is 13.0. The van der Waals surface area contributed by atoms with E-state index in [0.717, 1.165) is 44.9 Å². The minimum absolute atomic E-state index is 0.354. The smallest absolute Gasteiger partial charge is 0.340 e. The summed E-state index contributed by atoms with van der Waals surface area (Å²) in [5, 5.41) is 0. The quantitative estimate of drug-likeness (QED) is 0.352. The zero-order chi connectivity index (χ0) is 19.7. The highest BCUT2D eigenvalue weighted by Gasteiger charge is 2.41. The van der Waals surface area contributed by atoms with Crippen LogP contribution in [0.25, 0.3) is 0 Å². The van der Waals surface area contributed by atoms with Gasteiger partial charge in [-0.05, 0) is 43.5 Å². The van der Waals surface area contributed by atoms with E-state index in [2.05, 4.69) is 20.0 Å². The van der Waals surface area contributed by atoms with E-state index in [9.17, 15) is 9.59 Å². The normalized spacial score (nSPS) is 19.7. The van der Waals surface area contributed by atoms with Gasteiger partial charge < -0.3 is 14.2 Å². The van der Waals surface area contributed by atoms with Gasteiger partial charge in [0.15, 0.2) is 5.41 Å².